The second-order valence-electron chi connectivity index (χ2n) is 9.04. The normalized spacial score (nSPS) is 28.9. The lowest BCUT2D eigenvalue weighted by atomic mass is 9.78. The van der Waals surface area contributed by atoms with Gasteiger partial charge in [-0.2, -0.15) is 0 Å². The molecule has 3 aliphatic rings. The number of hydrogen-bond donors (Lipinski definition) is 2. The number of aliphatic hydroxyl groups is 1. The number of nitrogens with zero attached hydrogens (tertiary/aromatic N) is 4. The van der Waals surface area contributed by atoms with Crippen LogP contribution in [0, 0.1) is 5.41 Å². The molecule has 170 valence electrons. The Hall–Kier alpha value is -2.06. The number of rotatable bonds is 4. The maximum atomic E-state index is 13.5. The van der Waals surface area contributed by atoms with Gasteiger partial charge >= 0.3 is 6.09 Å². The number of carbonyl (C=O) groups excluding carboxylic acids is 1. The van der Waals surface area contributed by atoms with E-state index in [0.29, 0.717) is 29.6 Å². The maximum Gasteiger partial charge on any atom is 0.411 e. The zero-order chi connectivity index (χ0) is 22.2. The van der Waals surface area contributed by atoms with Gasteiger partial charge in [0, 0.05) is 32.2 Å². The topological polar surface area (TPSA) is 97.2 Å². The van der Waals surface area contributed by atoms with Crippen LogP contribution in [0.5, 0.6) is 0 Å². The average Bonchev–Trinajstić information content (AvgIpc) is 3.04. The van der Waals surface area contributed by atoms with Crippen molar-refractivity contribution in [2.75, 3.05) is 36.0 Å². The fourth-order valence-electron chi connectivity index (χ4n) is 5.49. The molecule has 2 N–H and O–H groups in total. The van der Waals surface area contributed by atoms with E-state index < -0.39 is 11.5 Å². The van der Waals surface area contributed by atoms with Gasteiger partial charge < -0.3 is 20.0 Å². The molecule has 2 aliphatic heterocycles. The van der Waals surface area contributed by atoms with Gasteiger partial charge in [0.25, 0.3) is 0 Å². The van der Waals surface area contributed by atoms with Crippen LogP contribution in [-0.4, -0.2) is 70.4 Å². The Morgan fingerprint density at radius 3 is 2.68 bits per heavy atom. The first-order chi connectivity index (χ1) is 14.8. The number of piperidine rings is 1. The van der Waals surface area contributed by atoms with Crippen LogP contribution < -0.4 is 9.80 Å². The van der Waals surface area contributed by atoms with Gasteiger partial charge in [-0.25, -0.2) is 9.78 Å². The van der Waals surface area contributed by atoms with Crippen molar-refractivity contribution in [3.05, 3.63) is 17.3 Å². The molecule has 31 heavy (non-hydrogen) atoms. The van der Waals surface area contributed by atoms with Gasteiger partial charge in [-0.3, -0.25) is 9.69 Å². The monoisotopic (exact) mass is 450 g/mol. The standard InChI is InChI=1S/C22H31ClN4O4/c1-2-26(21(30)31)16-12-18(23)19(24-13-16)25-10-3-8-22(14-25)9-11-27(20(22)29)15-4-6-17(28)7-5-15/h12-13,15,17,28H,2-11,14H2,1H3,(H,30,31)/t15-,17+,22?. The van der Waals surface area contributed by atoms with Crippen LogP contribution in [0.3, 0.4) is 0 Å². The summed E-state index contributed by atoms with van der Waals surface area (Å²) < 4.78 is 0. The summed E-state index contributed by atoms with van der Waals surface area (Å²) in [7, 11) is 0. The van der Waals surface area contributed by atoms with E-state index >= 15 is 0 Å². The number of hydrogen-bond acceptors (Lipinski definition) is 5. The fraction of sp³-hybridized carbons (Fsp3) is 0.682. The zero-order valence-corrected chi connectivity index (χ0v) is 18.7. The molecule has 1 spiro atoms. The Kier molecular flexibility index (Phi) is 6.30. The van der Waals surface area contributed by atoms with Gasteiger partial charge in [-0.1, -0.05) is 11.6 Å². The number of aliphatic hydroxyl groups excluding tert-OH is 1. The zero-order valence-electron chi connectivity index (χ0n) is 18.0. The molecule has 1 atom stereocenters. The second-order valence-corrected chi connectivity index (χ2v) is 9.45. The smallest absolute Gasteiger partial charge is 0.411 e. The molecule has 0 radical (unpaired) electrons. The molecule has 1 aliphatic carbocycles. The summed E-state index contributed by atoms with van der Waals surface area (Å²) in [4.78, 5) is 34.7. The van der Waals surface area contributed by atoms with Gasteiger partial charge in [0.05, 0.1) is 28.4 Å². The van der Waals surface area contributed by atoms with Crippen molar-refractivity contribution < 1.29 is 19.8 Å². The highest BCUT2D eigenvalue weighted by atomic mass is 35.5. The molecule has 1 aromatic rings. The maximum absolute atomic E-state index is 13.5. The van der Waals surface area contributed by atoms with E-state index in [0.717, 1.165) is 58.0 Å². The predicted octanol–water partition coefficient (Wildman–Crippen LogP) is 3.36. The molecule has 3 heterocycles. The molecule has 9 heteroatoms. The summed E-state index contributed by atoms with van der Waals surface area (Å²) in [5, 5.41) is 19.5. The Bertz CT molecular complexity index is 845. The molecule has 1 aromatic heterocycles. The number of amides is 2. The van der Waals surface area contributed by atoms with Crippen molar-refractivity contribution in [2.24, 2.45) is 5.41 Å². The van der Waals surface area contributed by atoms with Crippen LogP contribution in [0.1, 0.15) is 51.9 Å². The minimum absolute atomic E-state index is 0.228. The van der Waals surface area contributed by atoms with Crippen LogP contribution in [0.2, 0.25) is 5.02 Å². The molecule has 4 rings (SSSR count). The van der Waals surface area contributed by atoms with E-state index in [-0.39, 0.29) is 18.1 Å². The van der Waals surface area contributed by atoms with E-state index in [9.17, 15) is 19.8 Å². The van der Waals surface area contributed by atoms with Gasteiger partial charge in [-0.05, 0) is 57.9 Å². The molecule has 8 nitrogen and oxygen atoms in total. The minimum Gasteiger partial charge on any atom is -0.465 e. The Morgan fingerprint density at radius 1 is 1.29 bits per heavy atom. The number of aromatic nitrogens is 1. The molecule has 0 aromatic carbocycles. The van der Waals surface area contributed by atoms with Crippen LogP contribution >= 0.6 is 11.6 Å². The molecule has 1 unspecified atom stereocenters. The summed E-state index contributed by atoms with van der Waals surface area (Å²) in [6, 6.07) is 1.88. The first-order valence-corrected chi connectivity index (χ1v) is 11.6. The number of likely N-dealkylation sites (tertiary alicyclic amines) is 1. The second kappa shape index (κ2) is 8.82. The van der Waals surface area contributed by atoms with Crippen molar-refractivity contribution in [3.63, 3.8) is 0 Å². The molecular weight excluding hydrogens is 420 g/mol. The minimum atomic E-state index is -1.04. The highest BCUT2D eigenvalue weighted by molar-refractivity contribution is 6.33. The molecule has 1 saturated carbocycles. The molecule has 2 saturated heterocycles. The van der Waals surface area contributed by atoms with E-state index in [1.807, 2.05) is 0 Å². The number of anilines is 2. The van der Waals surface area contributed by atoms with E-state index in [4.69, 9.17) is 11.6 Å². The van der Waals surface area contributed by atoms with E-state index in [2.05, 4.69) is 14.8 Å². The lowest BCUT2D eigenvalue weighted by Crippen LogP contribution is -2.50. The molecular formula is C22H31ClN4O4. The third-order valence-electron chi connectivity index (χ3n) is 7.20. The van der Waals surface area contributed by atoms with E-state index in [1.54, 1.807) is 13.0 Å². The molecule has 3 fully saturated rings. The van der Waals surface area contributed by atoms with Crippen molar-refractivity contribution in [1.82, 2.24) is 9.88 Å². The summed E-state index contributed by atoms with van der Waals surface area (Å²) in [6.45, 7) is 4.20. The van der Waals surface area contributed by atoms with Crippen LogP contribution in [0.25, 0.3) is 0 Å². The summed E-state index contributed by atoms with van der Waals surface area (Å²) in [5.41, 5.74) is 0.0344. The summed E-state index contributed by atoms with van der Waals surface area (Å²) in [6.07, 6.45) is 6.14. The quantitative estimate of drug-likeness (QED) is 0.730. The van der Waals surface area contributed by atoms with Crippen molar-refractivity contribution >= 4 is 35.1 Å². The van der Waals surface area contributed by atoms with Crippen molar-refractivity contribution in [3.8, 4) is 0 Å². The SMILES string of the molecule is CCN(C(=O)O)c1cnc(N2CCCC3(CCN([C@H]4CC[C@@H](O)CC4)C3=O)C2)c(Cl)c1. The first-order valence-electron chi connectivity index (χ1n) is 11.2. The predicted molar refractivity (Wildman–Crippen MR) is 119 cm³/mol. The van der Waals surface area contributed by atoms with Crippen molar-refractivity contribution in [1.29, 1.82) is 0 Å². The highest BCUT2D eigenvalue weighted by Gasteiger charge is 2.51. The third kappa shape index (κ3) is 4.20. The highest BCUT2D eigenvalue weighted by Crippen LogP contribution is 2.44. The Balaban J connectivity index is 1.50. The Labute approximate surface area is 187 Å². The number of pyridine rings is 1. The van der Waals surface area contributed by atoms with Crippen LogP contribution in [0.15, 0.2) is 12.3 Å². The van der Waals surface area contributed by atoms with Gasteiger partial charge in [-0.15, -0.1) is 0 Å². The number of halogens is 1. The van der Waals surface area contributed by atoms with E-state index in [1.165, 1.54) is 11.1 Å². The molecule has 2 amide bonds. The lowest BCUT2D eigenvalue weighted by molar-refractivity contribution is -0.139. The molecule has 0 bridgehead atoms. The largest absolute Gasteiger partial charge is 0.465 e. The van der Waals surface area contributed by atoms with Gasteiger partial charge in [0.2, 0.25) is 5.91 Å². The van der Waals surface area contributed by atoms with Crippen molar-refractivity contribution in [2.45, 2.75) is 64.0 Å². The first kappa shape index (κ1) is 22.1. The van der Waals surface area contributed by atoms with Gasteiger partial charge in [0.15, 0.2) is 0 Å². The lowest BCUT2D eigenvalue weighted by Gasteiger charge is -2.41. The van der Waals surface area contributed by atoms with Crippen LogP contribution in [-0.2, 0) is 4.79 Å². The Morgan fingerprint density at radius 2 is 2.03 bits per heavy atom. The average molecular weight is 451 g/mol. The fourth-order valence-corrected chi connectivity index (χ4v) is 5.77. The third-order valence-corrected chi connectivity index (χ3v) is 7.47. The van der Waals surface area contributed by atoms with Gasteiger partial charge in [0.1, 0.15) is 5.82 Å². The summed E-state index contributed by atoms with van der Waals surface area (Å²) in [5.74, 6) is 0.840. The number of carboxylic acid groups (broad SMARTS) is 1. The van der Waals surface area contributed by atoms with Crippen LogP contribution in [0.4, 0.5) is 16.3 Å². The summed E-state index contributed by atoms with van der Waals surface area (Å²) >= 11 is 6.52. The number of carbonyl (C=O) groups is 2.